The lowest BCUT2D eigenvalue weighted by Crippen LogP contribution is -2.57. The number of rotatable bonds is 6. The van der Waals surface area contributed by atoms with Gasteiger partial charge >= 0.3 is 0 Å². The maximum absolute atomic E-state index is 14.8. The van der Waals surface area contributed by atoms with E-state index >= 15 is 0 Å². The number of hydrogen-bond donors (Lipinski definition) is 1. The van der Waals surface area contributed by atoms with Crippen LogP contribution in [0.25, 0.3) is 10.9 Å². The molecule has 1 aliphatic heterocycles. The summed E-state index contributed by atoms with van der Waals surface area (Å²) >= 11 is 0. The van der Waals surface area contributed by atoms with Crippen molar-refractivity contribution in [3.05, 3.63) is 84.4 Å². The zero-order valence-corrected chi connectivity index (χ0v) is 18.9. The van der Waals surface area contributed by atoms with Crippen molar-refractivity contribution in [1.29, 1.82) is 0 Å². The molecule has 9 heteroatoms. The molecule has 1 aliphatic rings. The van der Waals surface area contributed by atoms with Gasteiger partial charge in [-0.05, 0) is 31.2 Å². The standard InChI is InChI=1S/C25H26F2N6O/c1-18(25(34,15-33-17-28-16-29-33)21-8-7-20(26)14-22(21)27)31-10-12-32(13-11-31)24-9-6-19-4-2-3-5-23(19)30-24/h2-9,14,16-18,34H,10-13,15H2,1H3/t18-,25-/m1/s1. The van der Waals surface area contributed by atoms with Gasteiger partial charge in [-0.1, -0.05) is 24.3 Å². The largest absolute Gasteiger partial charge is 0.381 e. The van der Waals surface area contributed by atoms with Crippen LogP contribution in [-0.2, 0) is 12.1 Å². The second kappa shape index (κ2) is 9.08. The lowest BCUT2D eigenvalue weighted by molar-refractivity contribution is -0.0650. The highest BCUT2D eigenvalue weighted by Gasteiger charge is 2.42. The molecule has 1 saturated heterocycles. The first kappa shape index (κ1) is 22.4. The molecule has 7 nitrogen and oxygen atoms in total. The predicted octanol–water partition coefficient (Wildman–Crippen LogP) is 3.20. The minimum atomic E-state index is -1.64. The Morgan fingerprint density at radius 1 is 1.03 bits per heavy atom. The molecule has 4 aromatic rings. The smallest absolute Gasteiger partial charge is 0.137 e. The third kappa shape index (κ3) is 4.24. The van der Waals surface area contributed by atoms with Crippen LogP contribution in [0, 0.1) is 11.6 Å². The number of hydrogen-bond acceptors (Lipinski definition) is 6. The number of piperazine rings is 1. The fraction of sp³-hybridized carbons (Fsp3) is 0.320. The maximum Gasteiger partial charge on any atom is 0.137 e. The lowest BCUT2D eigenvalue weighted by atomic mass is 9.85. The number of aliphatic hydroxyl groups is 1. The van der Waals surface area contributed by atoms with E-state index in [0.29, 0.717) is 26.2 Å². The highest BCUT2D eigenvalue weighted by Crippen LogP contribution is 2.33. The molecule has 3 heterocycles. The summed E-state index contributed by atoms with van der Waals surface area (Å²) in [5.41, 5.74) is -0.658. The van der Waals surface area contributed by atoms with Crippen molar-refractivity contribution in [2.45, 2.75) is 25.1 Å². The van der Waals surface area contributed by atoms with Crippen molar-refractivity contribution in [3.63, 3.8) is 0 Å². The van der Waals surface area contributed by atoms with Gasteiger partial charge < -0.3 is 10.0 Å². The quantitative estimate of drug-likeness (QED) is 0.473. The normalized spacial score (nSPS) is 17.6. The number of benzene rings is 2. The van der Waals surface area contributed by atoms with Crippen molar-refractivity contribution in [1.82, 2.24) is 24.6 Å². The Labute approximate surface area is 196 Å². The van der Waals surface area contributed by atoms with Crippen LogP contribution in [0.5, 0.6) is 0 Å². The molecule has 0 spiro atoms. The van der Waals surface area contributed by atoms with Gasteiger partial charge in [-0.15, -0.1) is 0 Å². The van der Waals surface area contributed by atoms with Crippen LogP contribution >= 0.6 is 0 Å². The van der Waals surface area contributed by atoms with E-state index in [4.69, 9.17) is 4.98 Å². The summed E-state index contributed by atoms with van der Waals surface area (Å²) < 4.78 is 29.9. The third-order valence-corrected chi connectivity index (χ3v) is 6.73. The molecule has 2 aromatic heterocycles. The first-order chi connectivity index (χ1) is 16.4. The molecule has 5 rings (SSSR count). The molecule has 1 fully saturated rings. The summed E-state index contributed by atoms with van der Waals surface area (Å²) in [6.45, 7) is 4.57. The van der Waals surface area contributed by atoms with Crippen LogP contribution in [0.15, 0.2) is 67.3 Å². The zero-order chi connectivity index (χ0) is 23.7. The monoisotopic (exact) mass is 464 g/mol. The molecule has 0 aliphatic carbocycles. The van der Waals surface area contributed by atoms with E-state index in [1.54, 1.807) is 0 Å². The highest BCUT2D eigenvalue weighted by atomic mass is 19.1. The van der Waals surface area contributed by atoms with Crippen molar-refractivity contribution in [2.75, 3.05) is 31.1 Å². The number of para-hydroxylation sites is 1. The van der Waals surface area contributed by atoms with Crippen LogP contribution in [0.2, 0.25) is 0 Å². The molecular weight excluding hydrogens is 438 g/mol. The Morgan fingerprint density at radius 2 is 1.82 bits per heavy atom. The third-order valence-electron chi connectivity index (χ3n) is 6.73. The van der Waals surface area contributed by atoms with Gasteiger partial charge in [0.15, 0.2) is 0 Å². The molecule has 1 N–H and O–H groups in total. The second-order valence-corrected chi connectivity index (χ2v) is 8.70. The fourth-order valence-corrected chi connectivity index (χ4v) is 4.72. The number of anilines is 1. The van der Waals surface area contributed by atoms with Gasteiger partial charge in [0.25, 0.3) is 0 Å². The summed E-state index contributed by atoms with van der Waals surface area (Å²) in [5.74, 6) is -0.560. The van der Waals surface area contributed by atoms with Gasteiger partial charge in [-0.3, -0.25) is 4.90 Å². The van der Waals surface area contributed by atoms with E-state index < -0.39 is 23.3 Å². The van der Waals surface area contributed by atoms with Crippen LogP contribution in [0.4, 0.5) is 14.6 Å². The number of aromatic nitrogens is 4. The first-order valence-corrected chi connectivity index (χ1v) is 11.3. The van der Waals surface area contributed by atoms with E-state index in [-0.39, 0.29) is 12.1 Å². The molecule has 0 amide bonds. The van der Waals surface area contributed by atoms with Gasteiger partial charge in [0.05, 0.1) is 12.1 Å². The topological polar surface area (TPSA) is 70.3 Å². The van der Waals surface area contributed by atoms with Gasteiger partial charge in [0.1, 0.15) is 35.7 Å². The van der Waals surface area contributed by atoms with Crippen molar-refractivity contribution < 1.29 is 13.9 Å². The molecule has 0 radical (unpaired) electrons. The summed E-state index contributed by atoms with van der Waals surface area (Å²) in [4.78, 5) is 13.1. The Morgan fingerprint density at radius 3 is 2.56 bits per heavy atom. The molecule has 0 saturated carbocycles. The van der Waals surface area contributed by atoms with Crippen molar-refractivity contribution in [3.8, 4) is 0 Å². The van der Waals surface area contributed by atoms with Crippen LogP contribution in [0.1, 0.15) is 12.5 Å². The molecular formula is C25H26F2N6O. The minimum absolute atomic E-state index is 0.0108. The van der Waals surface area contributed by atoms with Gasteiger partial charge in [0, 0.05) is 49.2 Å². The second-order valence-electron chi connectivity index (χ2n) is 8.70. The van der Waals surface area contributed by atoms with Gasteiger partial charge in [0.2, 0.25) is 0 Å². The predicted molar refractivity (Wildman–Crippen MR) is 125 cm³/mol. The fourth-order valence-electron chi connectivity index (χ4n) is 4.72. The van der Waals surface area contributed by atoms with Crippen LogP contribution < -0.4 is 4.90 Å². The average molecular weight is 465 g/mol. The van der Waals surface area contributed by atoms with Crippen LogP contribution in [0.3, 0.4) is 0 Å². The summed E-state index contributed by atoms with van der Waals surface area (Å²) in [5, 5.41) is 17.0. The number of halogens is 2. The lowest BCUT2D eigenvalue weighted by Gasteiger charge is -2.45. The van der Waals surface area contributed by atoms with E-state index in [1.165, 1.54) is 29.5 Å². The molecule has 2 aromatic carbocycles. The van der Waals surface area contributed by atoms with E-state index in [9.17, 15) is 13.9 Å². The zero-order valence-electron chi connectivity index (χ0n) is 18.9. The Hall–Kier alpha value is -3.43. The van der Waals surface area contributed by atoms with E-state index in [0.717, 1.165) is 22.8 Å². The summed E-state index contributed by atoms with van der Waals surface area (Å²) in [6, 6.07) is 14.9. The first-order valence-electron chi connectivity index (χ1n) is 11.3. The number of nitrogens with zero attached hydrogens (tertiary/aromatic N) is 6. The van der Waals surface area contributed by atoms with E-state index in [1.807, 2.05) is 37.3 Å². The van der Waals surface area contributed by atoms with Gasteiger partial charge in [-0.2, -0.15) is 5.10 Å². The highest BCUT2D eigenvalue weighted by molar-refractivity contribution is 5.80. The Balaban J connectivity index is 1.37. The molecule has 34 heavy (non-hydrogen) atoms. The van der Waals surface area contributed by atoms with Crippen LogP contribution in [-0.4, -0.2) is 62.0 Å². The molecule has 2 atom stereocenters. The molecule has 176 valence electrons. The van der Waals surface area contributed by atoms with Gasteiger partial charge in [-0.25, -0.2) is 23.4 Å². The summed E-state index contributed by atoms with van der Waals surface area (Å²) in [6.07, 6.45) is 2.84. The SMILES string of the molecule is C[C@@H](N1CCN(c2ccc3ccccc3n2)CC1)[C@](O)(Cn1cncn1)c1ccc(F)cc1F. The van der Waals surface area contributed by atoms with Crippen molar-refractivity contribution >= 4 is 16.7 Å². The average Bonchev–Trinajstić information content (AvgIpc) is 3.36. The Kier molecular flexibility index (Phi) is 5.97. The molecule has 0 bridgehead atoms. The van der Waals surface area contributed by atoms with Crippen molar-refractivity contribution in [2.24, 2.45) is 0 Å². The Bertz CT molecular complexity index is 1280. The number of pyridine rings is 1. The summed E-state index contributed by atoms with van der Waals surface area (Å²) in [7, 11) is 0. The van der Waals surface area contributed by atoms with E-state index in [2.05, 4.69) is 25.9 Å². The maximum atomic E-state index is 14.8. The minimum Gasteiger partial charge on any atom is -0.381 e. The number of fused-ring (bicyclic) bond motifs is 1. The molecule has 0 unspecified atom stereocenters.